The van der Waals surface area contributed by atoms with Gasteiger partial charge >= 0.3 is 0 Å². The van der Waals surface area contributed by atoms with Crippen molar-refractivity contribution in [3.63, 3.8) is 0 Å². The topological polar surface area (TPSA) is 102 Å². The van der Waals surface area contributed by atoms with Crippen LogP contribution in [0.3, 0.4) is 0 Å². The third-order valence-electron chi connectivity index (χ3n) is 10.2. The summed E-state index contributed by atoms with van der Waals surface area (Å²) >= 11 is 0. The lowest BCUT2D eigenvalue weighted by Gasteiger charge is -2.36. The van der Waals surface area contributed by atoms with Crippen LogP contribution in [0.25, 0.3) is 0 Å². The number of carbonyl (C=O) groups is 1. The van der Waals surface area contributed by atoms with Crippen molar-refractivity contribution in [1.29, 1.82) is 0 Å². The predicted molar refractivity (Wildman–Crippen MR) is 192 cm³/mol. The first-order valence-electron chi connectivity index (χ1n) is 17.1. The molecule has 10 heteroatoms. The standard InChI is InChI=1S/C38H47N5O4Si/c1-27-35(20-12-28-10-13-31(14-11-28)43-37(45)21-19-34(40-43)29-8-6-5-7-9-29)47-36(22-24-42-26-30(23-25-44)39-41-42)38(27)48(3,4)33-17-15-32(46-2)16-18-33/h5-11,13-18,26-27,35-36,38,44H,12,19-25H2,1-4H3/t27-,35+,36-,38+/m1/s1. The van der Waals surface area contributed by atoms with Gasteiger partial charge in [-0.1, -0.05) is 85.0 Å². The number of aliphatic hydroxyl groups is 1. The fourth-order valence-electron chi connectivity index (χ4n) is 7.56. The van der Waals surface area contributed by atoms with Crippen molar-refractivity contribution in [3.05, 3.63) is 102 Å². The minimum Gasteiger partial charge on any atom is -0.497 e. The molecule has 0 radical (unpaired) electrons. The number of ether oxygens (including phenoxy) is 2. The second kappa shape index (κ2) is 15.0. The van der Waals surface area contributed by atoms with Crippen LogP contribution in [-0.2, 0) is 28.9 Å². The second-order valence-electron chi connectivity index (χ2n) is 13.6. The second-order valence-corrected chi connectivity index (χ2v) is 18.3. The molecule has 1 saturated heterocycles. The number of nitrogens with zero attached hydrogens (tertiary/aromatic N) is 5. The molecule has 4 atom stereocenters. The molecule has 0 aliphatic carbocycles. The molecule has 4 aromatic rings. The van der Waals surface area contributed by atoms with E-state index in [9.17, 15) is 9.90 Å². The number of benzene rings is 3. The van der Waals surface area contributed by atoms with Crippen LogP contribution < -0.4 is 14.9 Å². The average Bonchev–Trinajstić information content (AvgIpc) is 3.70. The summed E-state index contributed by atoms with van der Waals surface area (Å²) in [6.45, 7) is 8.09. The number of hydrogen-bond donors (Lipinski definition) is 1. The SMILES string of the molecule is COc1ccc([Si](C)(C)[C@H]2[C@H](C)[C@H](CCc3ccc(N4N=C(c5ccccc5)CCC4=O)cc3)O[C@@H]2CCn2cc(CCO)nn2)cc1. The number of aryl methyl sites for hydroxylation is 2. The van der Waals surface area contributed by atoms with Gasteiger partial charge in [-0.3, -0.25) is 9.48 Å². The Labute approximate surface area is 284 Å². The summed E-state index contributed by atoms with van der Waals surface area (Å²) in [5, 5.41) is 25.5. The maximum atomic E-state index is 12.8. The van der Waals surface area contributed by atoms with Gasteiger partial charge in [0.2, 0.25) is 5.91 Å². The van der Waals surface area contributed by atoms with Gasteiger partial charge < -0.3 is 14.6 Å². The van der Waals surface area contributed by atoms with Gasteiger partial charge in [-0.15, -0.1) is 5.10 Å². The minimum absolute atomic E-state index is 0.0202. The van der Waals surface area contributed by atoms with Gasteiger partial charge in [0.1, 0.15) is 5.75 Å². The smallest absolute Gasteiger partial charge is 0.247 e. The zero-order chi connectivity index (χ0) is 33.7. The van der Waals surface area contributed by atoms with Crippen molar-refractivity contribution in [3.8, 4) is 5.75 Å². The first kappa shape index (κ1) is 33.8. The van der Waals surface area contributed by atoms with E-state index in [-0.39, 0.29) is 24.7 Å². The lowest BCUT2D eigenvalue weighted by molar-refractivity contribution is -0.118. The molecule has 2 aliphatic rings. The predicted octanol–water partition coefficient (Wildman–Crippen LogP) is 5.76. The van der Waals surface area contributed by atoms with Crippen LogP contribution in [0.5, 0.6) is 5.75 Å². The molecule has 2 aliphatic heterocycles. The van der Waals surface area contributed by atoms with Gasteiger partial charge in [0.25, 0.3) is 0 Å². The summed E-state index contributed by atoms with van der Waals surface area (Å²) in [7, 11) is -0.270. The number of carbonyl (C=O) groups excluding carboxylic acids is 1. The average molecular weight is 666 g/mol. The Morgan fingerprint density at radius 3 is 2.40 bits per heavy atom. The Morgan fingerprint density at radius 1 is 0.938 bits per heavy atom. The van der Waals surface area contributed by atoms with Crippen molar-refractivity contribution in [2.75, 3.05) is 18.7 Å². The molecule has 0 unspecified atom stereocenters. The minimum atomic E-state index is -1.98. The van der Waals surface area contributed by atoms with E-state index in [4.69, 9.17) is 14.6 Å². The summed E-state index contributed by atoms with van der Waals surface area (Å²) in [4.78, 5) is 12.8. The molecule has 3 heterocycles. The Hall–Kier alpha value is -4.12. The third kappa shape index (κ3) is 7.46. The first-order valence-corrected chi connectivity index (χ1v) is 20.2. The van der Waals surface area contributed by atoms with Crippen LogP contribution in [0.2, 0.25) is 18.6 Å². The molecule has 9 nitrogen and oxygen atoms in total. The summed E-state index contributed by atoms with van der Waals surface area (Å²) in [6.07, 6.45) is 6.44. The summed E-state index contributed by atoms with van der Waals surface area (Å²) < 4.78 is 14.3. The number of hydrogen-bond acceptors (Lipinski definition) is 7. The molecule has 0 saturated carbocycles. The molecule has 48 heavy (non-hydrogen) atoms. The Bertz CT molecular complexity index is 1690. The molecule has 3 aromatic carbocycles. The first-order chi connectivity index (χ1) is 23.3. The van der Waals surface area contributed by atoms with Gasteiger partial charge in [-0.25, -0.2) is 5.01 Å². The zero-order valence-electron chi connectivity index (χ0n) is 28.5. The lowest BCUT2D eigenvalue weighted by Crippen LogP contribution is -2.50. The van der Waals surface area contributed by atoms with Gasteiger partial charge in [-0.2, -0.15) is 5.10 Å². The van der Waals surface area contributed by atoms with E-state index in [1.807, 2.05) is 53.3 Å². The highest BCUT2D eigenvalue weighted by molar-refractivity contribution is 6.91. The molecule has 1 N–H and O–H groups in total. The van der Waals surface area contributed by atoms with Crippen molar-refractivity contribution in [1.82, 2.24) is 15.0 Å². The van der Waals surface area contributed by atoms with Crippen LogP contribution in [0.1, 0.15) is 49.4 Å². The van der Waals surface area contributed by atoms with Crippen molar-refractivity contribution in [2.45, 2.75) is 82.8 Å². The molecule has 252 valence electrons. The Balaban J connectivity index is 1.15. The van der Waals surface area contributed by atoms with E-state index in [2.05, 4.69) is 66.7 Å². The third-order valence-corrected chi connectivity index (χ3v) is 14.6. The van der Waals surface area contributed by atoms with Crippen LogP contribution in [0.4, 0.5) is 5.69 Å². The molecular formula is C38H47N5O4Si. The highest BCUT2D eigenvalue weighted by Crippen LogP contribution is 2.46. The fourth-order valence-corrected chi connectivity index (χ4v) is 11.7. The van der Waals surface area contributed by atoms with Crippen LogP contribution in [0, 0.1) is 5.92 Å². The number of aliphatic hydroxyl groups excluding tert-OH is 1. The highest BCUT2D eigenvalue weighted by atomic mass is 28.3. The molecular weight excluding hydrogens is 619 g/mol. The number of rotatable bonds is 13. The molecule has 1 amide bonds. The van der Waals surface area contributed by atoms with E-state index in [1.165, 1.54) is 10.8 Å². The largest absolute Gasteiger partial charge is 0.497 e. The van der Waals surface area contributed by atoms with Crippen molar-refractivity contribution in [2.24, 2.45) is 11.0 Å². The van der Waals surface area contributed by atoms with E-state index in [0.29, 0.717) is 30.7 Å². The van der Waals surface area contributed by atoms with Crippen LogP contribution in [-0.4, -0.2) is 65.7 Å². The van der Waals surface area contributed by atoms with Crippen molar-refractivity contribution >= 4 is 30.6 Å². The molecule has 1 aromatic heterocycles. The molecule has 1 fully saturated rings. The number of methoxy groups -OCH3 is 1. The van der Waals surface area contributed by atoms with E-state index < -0.39 is 8.07 Å². The quantitative estimate of drug-likeness (QED) is 0.182. The lowest BCUT2D eigenvalue weighted by atomic mass is 9.95. The number of aromatic nitrogens is 3. The van der Waals surface area contributed by atoms with E-state index >= 15 is 0 Å². The van der Waals surface area contributed by atoms with E-state index in [0.717, 1.165) is 54.2 Å². The number of amides is 1. The summed E-state index contributed by atoms with van der Waals surface area (Å²) in [6, 6.07) is 27.0. The Morgan fingerprint density at radius 2 is 1.69 bits per heavy atom. The molecule has 0 spiro atoms. The van der Waals surface area contributed by atoms with Gasteiger partial charge in [0.05, 0.1) is 44.5 Å². The Kier molecular flexibility index (Phi) is 10.5. The summed E-state index contributed by atoms with van der Waals surface area (Å²) in [5.41, 5.74) is 5.23. The van der Waals surface area contributed by atoms with Gasteiger partial charge in [-0.05, 0) is 66.1 Å². The number of anilines is 1. The highest BCUT2D eigenvalue weighted by Gasteiger charge is 2.50. The molecule has 6 rings (SSSR count). The van der Waals surface area contributed by atoms with Crippen LogP contribution >= 0.6 is 0 Å². The normalized spacial score (nSPS) is 21.4. The van der Waals surface area contributed by atoms with Crippen molar-refractivity contribution < 1.29 is 19.4 Å². The molecule has 0 bridgehead atoms. The van der Waals surface area contributed by atoms with Gasteiger partial charge in [0.15, 0.2) is 0 Å². The van der Waals surface area contributed by atoms with Crippen LogP contribution in [0.15, 0.2) is 90.2 Å². The fraction of sp³-hybridized carbons (Fsp3) is 0.421. The van der Waals surface area contributed by atoms with Gasteiger partial charge in [0, 0.05) is 38.6 Å². The zero-order valence-corrected chi connectivity index (χ0v) is 29.5. The number of hydrazone groups is 1. The summed E-state index contributed by atoms with van der Waals surface area (Å²) in [5.74, 6) is 1.28. The monoisotopic (exact) mass is 665 g/mol. The maximum Gasteiger partial charge on any atom is 0.247 e. The van der Waals surface area contributed by atoms with E-state index in [1.54, 1.807) is 12.1 Å². The maximum absolute atomic E-state index is 12.8.